The first-order valence-electron chi connectivity index (χ1n) is 4.59. The van der Waals surface area contributed by atoms with E-state index in [0.29, 0.717) is 5.82 Å². The maximum atomic E-state index is 10.4. The summed E-state index contributed by atoms with van der Waals surface area (Å²) in [5.74, 6) is -0.564. The lowest BCUT2D eigenvalue weighted by Gasteiger charge is -1.93. The van der Waals surface area contributed by atoms with Crippen molar-refractivity contribution in [3.63, 3.8) is 0 Å². The van der Waals surface area contributed by atoms with Gasteiger partial charge in [-0.1, -0.05) is 32.8 Å². The van der Waals surface area contributed by atoms with Gasteiger partial charge >= 0.3 is 5.97 Å². The minimum atomic E-state index is -0.918. The topological polar surface area (TPSA) is 76.2 Å². The summed E-state index contributed by atoms with van der Waals surface area (Å²) in [4.78, 5) is 14.5. The van der Waals surface area contributed by atoms with Crippen molar-refractivity contribution in [3.05, 3.63) is 28.7 Å². The Bertz CT molecular complexity index is 527. The fraction of sp³-hybridized carbons (Fsp3) is 0.100. The molecular weight excluding hydrogens is 308 g/mol. The molecule has 0 atom stereocenters. The van der Waals surface area contributed by atoms with E-state index in [1.54, 1.807) is 0 Å². The van der Waals surface area contributed by atoms with Crippen LogP contribution in [-0.2, 0) is 4.79 Å². The molecule has 2 rings (SSSR count). The molecule has 0 aliphatic rings. The van der Waals surface area contributed by atoms with Crippen LogP contribution < -0.4 is 0 Å². The summed E-state index contributed by atoms with van der Waals surface area (Å²) >= 11 is 4.33. The largest absolute Gasteiger partial charge is 0.481 e. The summed E-state index contributed by atoms with van der Waals surface area (Å²) in [7, 11) is 0. The van der Waals surface area contributed by atoms with Gasteiger partial charge in [0, 0.05) is 10.0 Å². The molecule has 88 valence electrons. The van der Waals surface area contributed by atoms with Crippen molar-refractivity contribution in [2.24, 2.45) is 0 Å². The van der Waals surface area contributed by atoms with Crippen LogP contribution in [0.1, 0.15) is 0 Å². The molecule has 0 bridgehead atoms. The van der Waals surface area contributed by atoms with Crippen LogP contribution in [0.5, 0.6) is 0 Å². The summed E-state index contributed by atoms with van der Waals surface area (Å²) < 4.78 is 5.89. The van der Waals surface area contributed by atoms with Crippen LogP contribution in [-0.4, -0.2) is 27.0 Å². The van der Waals surface area contributed by atoms with Crippen molar-refractivity contribution >= 4 is 33.7 Å². The van der Waals surface area contributed by atoms with E-state index in [1.807, 2.05) is 24.3 Å². The number of halogens is 1. The number of hydrogen-bond acceptors (Lipinski definition) is 5. The highest BCUT2D eigenvalue weighted by atomic mass is 79.9. The molecule has 0 amide bonds. The van der Waals surface area contributed by atoms with E-state index in [0.717, 1.165) is 21.8 Å². The van der Waals surface area contributed by atoms with Crippen LogP contribution in [0.4, 0.5) is 0 Å². The normalized spacial score (nSPS) is 10.4. The fourth-order valence-corrected chi connectivity index (χ4v) is 1.86. The molecule has 0 spiro atoms. The highest BCUT2D eigenvalue weighted by molar-refractivity contribution is 9.10. The molecule has 1 aromatic carbocycles. The average Bonchev–Trinajstić information content (AvgIpc) is 2.76. The minimum Gasteiger partial charge on any atom is -0.481 e. The first-order valence-corrected chi connectivity index (χ1v) is 6.37. The zero-order valence-corrected chi connectivity index (χ0v) is 10.9. The number of carboxylic acids is 1. The SMILES string of the molecule is O=C(O)CSc1nc(-c2ccc(Br)cc2)no1. The lowest BCUT2D eigenvalue weighted by Crippen LogP contribution is -1.97. The number of hydrogen-bond donors (Lipinski definition) is 1. The van der Waals surface area contributed by atoms with Crippen molar-refractivity contribution in [2.75, 3.05) is 5.75 Å². The Balaban J connectivity index is 2.12. The predicted octanol–water partition coefficient (Wildman–Crippen LogP) is 2.68. The van der Waals surface area contributed by atoms with Gasteiger partial charge in [-0.2, -0.15) is 4.98 Å². The number of carbonyl (C=O) groups is 1. The van der Waals surface area contributed by atoms with E-state index in [1.165, 1.54) is 0 Å². The number of aromatic nitrogens is 2. The second-order valence-electron chi connectivity index (χ2n) is 3.07. The van der Waals surface area contributed by atoms with Crippen LogP contribution in [0.25, 0.3) is 11.4 Å². The van der Waals surface area contributed by atoms with E-state index in [-0.39, 0.29) is 11.0 Å². The monoisotopic (exact) mass is 314 g/mol. The number of benzene rings is 1. The first-order chi connectivity index (χ1) is 8.15. The summed E-state index contributed by atoms with van der Waals surface area (Å²) in [6.07, 6.45) is 0. The third-order valence-corrected chi connectivity index (χ3v) is 3.16. The highest BCUT2D eigenvalue weighted by Gasteiger charge is 2.10. The maximum absolute atomic E-state index is 10.4. The number of aliphatic carboxylic acids is 1. The fourth-order valence-electron chi connectivity index (χ4n) is 1.11. The lowest BCUT2D eigenvalue weighted by atomic mass is 10.2. The number of rotatable bonds is 4. The molecule has 0 unspecified atom stereocenters. The van der Waals surface area contributed by atoms with Crippen molar-refractivity contribution < 1.29 is 14.4 Å². The second kappa shape index (κ2) is 5.33. The molecule has 7 heteroatoms. The average molecular weight is 315 g/mol. The molecule has 1 aromatic heterocycles. The maximum Gasteiger partial charge on any atom is 0.314 e. The molecule has 0 saturated heterocycles. The molecule has 1 heterocycles. The van der Waals surface area contributed by atoms with E-state index in [2.05, 4.69) is 26.1 Å². The third-order valence-electron chi connectivity index (χ3n) is 1.83. The van der Waals surface area contributed by atoms with Crippen LogP contribution >= 0.6 is 27.7 Å². The Morgan fingerprint density at radius 2 is 2.12 bits per heavy atom. The Hall–Kier alpha value is -1.34. The molecule has 17 heavy (non-hydrogen) atoms. The van der Waals surface area contributed by atoms with Crippen molar-refractivity contribution in [1.82, 2.24) is 10.1 Å². The van der Waals surface area contributed by atoms with Gasteiger partial charge in [0.15, 0.2) is 0 Å². The molecule has 5 nitrogen and oxygen atoms in total. The molecular formula is C10H7BrN2O3S. The summed E-state index contributed by atoms with van der Waals surface area (Å²) in [6.45, 7) is 0. The molecule has 0 aliphatic carbocycles. The molecule has 0 aliphatic heterocycles. The van der Waals surface area contributed by atoms with Gasteiger partial charge in [0.1, 0.15) is 5.75 Å². The highest BCUT2D eigenvalue weighted by Crippen LogP contribution is 2.22. The van der Waals surface area contributed by atoms with Gasteiger partial charge < -0.3 is 9.63 Å². The van der Waals surface area contributed by atoms with Crippen molar-refractivity contribution in [2.45, 2.75) is 5.22 Å². The lowest BCUT2D eigenvalue weighted by molar-refractivity contribution is -0.133. The predicted molar refractivity (Wildman–Crippen MR) is 65.8 cm³/mol. The van der Waals surface area contributed by atoms with E-state index in [4.69, 9.17) is 9.63 Å². The van der Waals surface area contributed by atoms with Crippen LogP contribution in [0, 0.1) is 0 Å². The van der Waals surface area contributed by atoms with Gasteiger partial charge in [0.2, 0.25) is 5.82 Å². The van der Waals surface area contributed by atoms with Gasteiger partial charge in [-0.05, 0) is 24.3 Å². The minimum absolute atomic E-state index is 0.0953. The zero-order valence-electron chi connectivity index (χ0n) is 8.46. The summed E-state index contributed by atoms with van der Waals surface area (Å²) in [6, 6.07) is 7.44. The van der Waals surface area contributed by atoms with Crippen LogP contribution in [0.15, 0.2) is 38.5 Å². The number of carboxylic acid groups (broad SMARTS) is 1. The van der Waals surface area contributed by atoms with E-state index in [9.17, 15) is 4.79 Å². The Morgan fingerprint density at radius 3 is 2.76 bits per heavy atom. The van der Waals surface area contributed by atoms with Crippen LogP contribution in [0.2, 0.25) is 0 Å². The van der Waals surface area contributed by atoms with Gasteiger partial charge in [0.05, 0.1) is 0 Å². The van der Waals surface area contributed by atoms with Crippen LogP contribution in [0.3, 0.4) is 0 Å². The van der Waals surface area contributed by atoms with E-state index < -0.39 is 5.97 Å². The second-order valence-corrected chi connectivity index (χ2v) is 4.92. The Kier molecular flexibility index (Phi) is 3.80. The van der Waals surface area contributed by atoms with Gasteiger partial charge in [0.25, 0.3) is 5.22 Å². The standard InChI is InChI=1S/C10H7BrN2O3S/c11-7-3-1-6(2-4-7)9-12-10(16-13-9)17-5-8(14)15/h1-4H,5H2,(H,14,15). The van der Waals surface area contributed by atoms with Crippen molar-refractivity contribution in [3.8, 4) is 11.4 Å². The number of thioether (sulfide) groups is 1. The molecule has 0 saturated carbocycles. The zero-order chi connectivity index (χ0) is 12.3. The Morgan fingerprint density at radius 1 is 1.41 bits per heavy atom. The van der Waals surface area contributed by atoms with Gasteiger partial charge in [-0.25, -0.2) is 0 Å². The summed E-state index contributed by atoms with van der Waals surface area (Å²) in [5.41, 5.74) is 0.819. The number of nitrogens with zero attached hydrogens (tertiary/aromatic N) is 2. The van der Waals surface area contributed by atoms with Crippen molar-refractivity contribution in [1.29, 1.82) is 0 Å². The third kappa shape index (κ3) is 3.31. The molecule has 1 N–H and O–H groups in total. The Labute approximate surface area is 109 Å². The quantitative estimate of drug-likeness (QED) is 0.874. The smallest absolute Gasteiger partial charge is 0.314 e. The van der Waals surface area contributed by atoms with Gasteiger partial charge in [-0.3, -0.25) is 4.79 Å². The van der Waals surface area contributed by atoms with Gasteiger partial charge in [-0.15, -0.1) is 0 Å². The van der Waals surface area contributed by atoms with E-state index >= 15 is 0 Å². The summed E-state index contributed by atoms with van der Waals surface area (Å²) in [5, 5.41) is 12.5. The first kappa shape index (κ1) is 12.1. The molecule has 0 fully saturated rings. The molecule has 2 aromatic rings. The molecule has 0 radical (unpaired) electrons.